The fraction of sp³-hybridized carbons (Fsp3) is 0.200. The van der Waals surface area contributed by atoms with E-state index in [0.717, 1.165) is 24.4 Å². The van der Waals surface area contributed by atoms with Crippen LogP contribution in [0.2, 0.25) is 0 Å². The number of thioether (sulfide) groups is 1. The van der Waals surface area contributed by atoms with Gasteiger partial charge in [-0.25, -0.2) is 5.43 Å². The van der Waals surface area contributed by atoms with Gasteiger partial charge in [0.25, 0.3) is 5.91 Å². The predicted molar refractivity (Wildman–Crippen MR) is 128 cm³/mol. The number of benzene rings is 3. The van der Waals surface area contributed by atoms with Crippen molar-refractivity contribution in [3.63, 3.8) is 0 Å². The summed E-state index contributed by atoms with van der Waals surface area (Å²) >= 11 is 1.78. The lowest BCUT2D eigenvalue weighted by Gasteiger charge is -2.20. The molecule has 1 N–H and O–H groups in total. The number of rotatable bonds is 9. The Kier molecular flexibility index (Phi) is 8.10. The monoisotopic (exact) mass is 417 g/mol. The van der Waals surface area contributed by atoms with Gasteiger partial charge >= 0.3 is 0 Å². The highest BCUT2D eigenvalue weighted by Crippen LogP contribution is 2.22. The number of hydrazone groups is 1. The Labute approximate surface area is 183 Å². The number of nitrogens with zero attached hydrogens (tertiary/aromatic N) is 2. The molecule has 0 aliphatic heterocycles. The summed E-state index contributed by atoms with van der Waals surface area (Å²) in [5.41, 5.74) is 6.50. The number of nitrogens with one attached hydrogen (secondary N) is 1. The second-order valence-electron chi connectivity index (χ2n) is 6.76. The zero-order chi connectivity index (χ0) is 21.2. The Morgan fingerprint density at radius 3 is 2.23 bits per heavy atom. The molecule has 0 aromatic heterocycles. The molecule has 4 nitrogen and oxygen atoms in total. The molecule has 0 atom stereocenters. The molecule has 0 fully saturated rings. The smallest absolute Gasteiger partial charge is 0.271 e. The van der Waals surface area contributed by atoms with Crippen molar-refractivity contribution in [2.75, 3.05) is 18.0 Å². The van der Waals surface area contributed by atoms with Crippen LogP contribution in [0, 0.1) is 0 Å². The molecule has 0 radical (unpaired) electrons. The third kappa shape index (κ3) is 6.22. The van der Waals surface area contributed by atoms with E-state index in [-0.39, 0.29) is 5.91 Å². The minimum Gasteiger partial charge on any atom is -0.372 e. The molecule has 154 valence electrons. The quantitative estimate of drug-likeness (QED) is 0.280. The molecule has 0 saturated carbocycles. The summed E-state index contributed by atoms with van der Waals surface area (Å²) in [6.45, 7) is 6.24. The minimum absolute atomic E-state index is 0.215. The zero-order valence-electron chi connectivity index (χ0n) is 17.4. The fourth-order valence-electron chi connectivity index (χ4n) is 3.03. The number of hydrogen-bond acceptors (Lipinski definition) is 4. The Morgan fingerprint density at radius 1 is 0.933 bits per heavy atom. The first-order valence-electron chi connectivity index (χ1n) is 10.1. The molecule has 3 rings (SSSR count). The predicted octanol–water partition coefficient (Wildman–Crippen LogP) is 5.59. The van der Waals surface area contributed by atoms with E-state index >= 15 is 0 Å². The molecule has 0 spiro atoms. The van der Waals surface area contributed by atoms with E-state index in [2.05, 4.69) is 53.5 Å². The number of amides is 1. The molecule has 3 aromatic carbocycles. The normalized spacial score (nSPS) is 10.9. The van der Waals surface area contributed by atoms with Gasteiger partial charge in [0.05, 0.1) is 6.21 Å². The second kappa shape index (κ2) is 11.2. The van der Waals surface area contributed by atoms with Crippen molar-refractivity contribution in [1.82, 2.24) is 5.43 Å². The third-order valence-electron chi connectivity index (χ3n) is 4.77. The van der Waals surface area contributed by atoms with Crippen LogP contribution >= 0.6 is 11.8 Å². The van der Waals surface area contributed by atoms with Gasteiger partial charge in [-0.15, -0.1) is 11.8 Å². The van der Waals surface area contributed by atoms with Gasteiger partial charge in [-0.05, 0) is 61.4 Å². The van der Waals surface area contributed by atoms with Crippen LogP contribution < -0.4 is 10.3 Å². The van der Waals surface area contributed by atoms with Crippen LogP contribution in [0.4, 0.5) is 5.69 Å². The lowest BCUT2D eigenvalue weighted by molar-refractivity contribution is 0.0955. The number of anilines is 1. The number of carbonyl (C=O) groups is 1. The maximum Gasteiger partial charge on any atom is 0.271 e. The second-order valence-corrected chi connectivity index (χ2v) is 7.81. The van der Waals surface area contributed by atoms with Crippen molar-refractivity contribution in [1.29, 1.82) is 0 Å². The van der Waals surface area contributed by atoms with Gasteiger partial charge in [-0.2, -0.15) is 5.10 Å². The van der Waals surface area contributed by atoms with Crippen LogP contribution in [-0.4, -0.2) is 25.2 Å². The highest BCUT2D eigenvalue weighted by molar-refractivity contribution is 7.98. The fourth-order valence-corrected chi connectivity index (χ4v) is 3.90. The van der Waals surface area contributed by atoms with Crippen LogP contribution in [0.5, 0.6) is 0 Å². The van der Waals surface area contributed by atoms with Crippen LogP contribution in [0.3, 0.4) is 0 Å². The first-order valence-corrected chi connectivity index (χ1v) is 11.1. The molecule has 0 heterocycles. The Morgan fingerprint density at radius 2 is 1.60 bits per heavy atom. The molecule has 0 bridgehead atoms. The van der Waals surface area contributed by atoms with Gasteiger partial charge in [-0.1, -0.05) is 42.5 Å². The van der Waals surface area contributed by atoms with E-state index in [1.807, 2.05) is 54.6 Å². The van der Waals surface area contributed by atoms with Crippen molar-refractivity contribution in [2.45, 2.75) is 24.5 Å². The largest absolute Gasteiger partial charge is 0.372 e. The number of carbonyl (C=O) groups excluding carboxylic acids is 1. The zero-order valence-corrected chi connectivity index (χ0v) is 18.2. The summed E-state index contributed by atoms with van der Waals surface area (Å²) in [6.07, 6.45) is 1.66. The lowest BCUT2D eigenvalue weighted by atomic mass is 10.1. The van der Waals surface area contributed by atoms with E-state index in [1.54, 1.807) is 18.0 Å². The van der Waals surface area contributed by atoms with Crippen molar-refractivity contribution < 1.29 is 4.79 Å². The summed E-state index contributed by atoms with van der Waals surface area (Å²) < 4.78 is 0. The van der Waals surface area contributed by atoms with Gasteiger partial charge < -0.3 is 4.90 Å². The molecular formula is C25H27N3OS. The SMILES string of the molecule is CCN(CC)c1ccc(/C=N\NC(=O)c2ccc(CSc3ccccc3)cc2)cc1. The van der Waals surface area contributed by atoms with Gasteiger partial charge in [0, 0.05) is 35.0 Å². The molecular weight excluding hydrogens is 390 g/mol. The van der Waals surface area contributed by atoms with Crippen molar-refractivity contribution in [2.24, 2.45) is 5.10 Å². The van der Waals surface area contributed by atoms with Crippen LogP contribution in [0.25, 0.3) is 0 Å². The topological polar surface area (TPSA) is 44.7 Å². The van der Waals surface area contributed by atoms with Gasteiger partial charge in [0.15, 0.2) is 0 Å². The molecule has 5 heteroatoms. The van der Waals surface area contributed by atoms with E-state index in [0.29, 0.717) is 5.56 Å². The molecule has 1 amide bonds. The maximum atomic E-state index is 12.3. The maximum absolute atomic E-state index is 12.3. The van der Waals surface area contributed by atoms with Crippen LogP contribution in [-0.2, 0) is 5.75 Å². The van der Waals surface area contributed by atoms with Gasteiger partial charge in [0.1, 0.15) is 0 Å². The van der Waals surface area contributed by atoms with Crippen LogP contribution in [0.15, 0.2) is 88.9 Å². The molecule has 3 aromatic rings. The van der Waals surface area contributed by atoms with E-state index in [4.69, 9.17) is 0 Å². The first-order chi connectivity index (χ1) is 14.7. The van der Waals surface area contributed by atoms with Crippen molar-refractivity contribution >= 4 is 29.6 Å². The molecule has 0 unspecified atom stereocenters. The summed E-state index contributed by atoms with van der Waals surface area (Å²) in [4.78, 5) is 15.8. The summed E-state index contributed by atoms with van der Waals surface area (Å²) in [5, 5.41) is 4.09. The van der Waals surface area contributed by atoms with E-state index in [1.165, 1.54) is 16.1 Å². The van der Waals surface area contributed by atoms with E-state index in [9.17, 15) is 4.79 Å². The Hall–Kier alpha value is -3.05. The Balaban J connectivity index is 1.50. The summed E-state index contributed by atoms with van der Waals surface area (Å²) in [5.74, 6) is 0.654. The third-order valence-corrected chi connectivity index (χ3v) is 5.85. The molecule has 0 aliphatic carbocycles. The standard InChI is InChI=1S/C25H27N3OS/c1-3-28(4-2)23-16-12-20(13-17-23)18-26-27-25(29)22-14-10-21(11-15-22)19-30-24-8-6-5-7-9-24/h5-18H,3-4,19H2,1-2H3,(H,27,29)/b26-18-. The summed E-state index contributed by atoms with van der Waals surface area (Å²) in [6, 6.07) is 26.1. The highest BCUT2D eigenvalue weighted by Gasteiger charge is 2.05. The first kappa shape index (κ1) is 21.7. The van der Waals surface area contributed by atoms with Crippen molar-refractivity contribution in [3.05, 3.63) is 95.6 Å². The van der Waals surface area contributed by atoms with Gasteiger partial charge in [0.2, 0.25) is 0 Å². The van der Waals surface area contributed by atoms with Crippen LogP contribution in [0.1, 0.15) is 35.3 Å². The molecule has 30 heavy (non-hydrogen) atoms. The molecule has 0 saturated heterocycles. The summed E-state index contributed by atoms with van der Waals surface area (Å²) in [7, 11) is 0. The van der Waals surface area contributed by atoms with Gasteiger partial charge in [-0.3, -0.25) is 4.79 Å². The number of hydrogen-bond donors (Lipinski definition) is 1. The lowest BCUT2D eigenvalue weighted by Crippen LogP contribution is -2.21. The van der Waals surface area contributed by atoms with E-state index < -0.39 is 0 Å². The average molecular weight is 418 g/mol. The Bertz CT molecular complexity index is 950. The minimum atomic E-state index is -0.215. The average Bonchev–Trinajstić information content (AvgIpc) is 2.80. The van der Waals surface area contributed by atoms with Crippen molar-refractivity contribution in [3.8, 4) is 0 Å². The molecule has 0 aliphatic rings. The highest BCUT2D eigenvalue weighted by atomic mass is 32.2.